The highest BCUT2D eigenvalue weighted by Crippen LogP contribution is 2.32. The van der Waals surface area contributed by atoms with E-state index in [0.717, 1.165) is 38.4 Å². The Kier molecular flexibility index (Phi) is 4.74. The van der Waals surface area contributed by atoms with Crippen LogP contribution < -0.4 is 5.32 Å². The third-order valence-corrected chi connectivity index (χ3v) is 4.02. The summed E-state index contributed by atoms with van der Waals surface area (Å²) in [6.07, 6.45) is -0.586. The number of alkyl halides is 3. The maximum Gasteiger partial charge on any atom is 0.416 e. The molecule has 0 amide bonds. The van der Waals surface area contributed by atoms with Crippen molar-refractivity contribution in [3.63, 3.8) is 0 Å². The minimum atomic E-state index is -4.30. The van der Waals surface area contributed by atoms with Gasteiger partial charge in [-0.3, -0.25) is 0 Å². The molecule has 2 rings (SSSR count). The van der Waals surface area contributed by atoms with Crippen LogP contribution in [0.15, 0.2) is 18.2 Å². The van der Waals surface area contributed by atoms with Crippen molar-refractivity contribution in [2.75, 3.05) is 13.1 Å². The number of aryl methyl sites for hydroxylation is 1. The second-order valence-electron chi connectivity index (χ2n) is 5.04. The molecule has 0 radical (unpaired) electrons. The first-order chi connectivity index (χ1) is 8.97. The van der Waals surface area contributed by atoms with Gasteiger partial charge in [0.1, 0.15) is 0 Å². The zero-order chi connectivity index (χ0) is 13.9. The molecule has 1 aromatic rings. The lowest BCUT2D eigenvalue weighted by atomic mass is 9.91. The van der Waals surface area contributed by atoms with Gasteiger partial charge in [-0.15, -0.1) is 0 Å². The molecule has 0 aromatic heterocycles. The molecule has 1 heterocycles. The predicted octanol–water partition coefficient (Wildman–Crippen LogP) is 4.29. The van der Waals surface area contributed by atoms with Crippen LogP contribution in [0, 0.1) is 5.92 Å². The Bertz CT molecular complexity index is 425. The second kappa shape index (κ2) is 6.14. The average molecular weight is 292 g/mol. The molecule has 0 atom stereocenters. The summed E-state index contributed by atoms with van der Waals surface area (Å²) in [5.74, 6) is 0.590. The Morgan fingerprint density at radius 1 is 1.21 bits per heavy atom. The van der Waals surface area contributed by atoms with Crippen molar-refractivity contribution in [3.8, 4) is 0 Å². The summed E-state index contributed by atoms with van der Waals surface area (Å²) in [5, 5.41) is 3.71. The van der Waals surface area contributed by atoms with E-state index in [-0.39, 0.29) is 0 Å². The molecule has 0 aliphatic carbocycles. The normalized spacial score (nSPS) is 17.7. The summed E-state index contributed by atoms with van der Waals surface area (Å²) in [7, 11) is 0. The van der Waals surface area contributed by atoms with E-state index in [1.54, 1.807) is 0 Å². The summed E-state index contributed by atoms with van der Waals surface area (Å²) in [6, 6.07) is 3.57. The number of halogens is 4. The Labute approximate surface area is 116 Å². The van der Waals surface area contributed by atoms with E-state index in [0.29, 0.717) is 22.9 Å². The average Bonchev–Trinajstić information content (AvgIpc) is 2.37. The van der Waals surface area contributed by atoms with Crippen LogP contribution in [-0.2, 0) is 12.6 Å². The van der Waals surface area contributed by atoms with Crippen molar-refractivity contribution in [1.82, 2.24) is 5.32 Å². The topological polar surface area (TPSA) is 12.0 Å². The molecular formula is C14H17ClF3N. The van der Waals surface area contributed by atoms with Crippen molar-refractivity contribution in [2.24, 2.45) is 5.92 Å². The zero-order valence-corrected chi connectivity index (χ0v) is 11.3. The summed E-state index contributed by atoms with van der Waals surface area (Å²) in [6.45, 7) is 2.00. The minimum absolute atomic E-state index is 0.432. The van der Waals surface area contributed by atoms with Gasteiger partial charge < -0.3 is 5.32 Å². The van der Waals surface area contributed by atoms with Gasteiger partial charge in [-0.1, -0.05) is 11.6 Å². The molecule has 1 aromatic carbocycles. The molecular weight excluding hydrogens is 275 g/mol. The van der Waals surface area contributed by atoms with Crippen LogP contribution in [0.4, 0.5) is 13.2 Å². The first-order valence-corrected chi connectivity index (χ1v) is 6.91. The molecule has 5 heteroatoms. The molecule has 1 aliphatic heterocycles. The first kappa shape index (κ1) is 14.7. The number of benzene rings is 1. The fourth-order valence-corrected chi connectivity index (χ4v) is 2.68. The number of rotatable bonds is 3. The third kappa shape index (κ3) is 4.11. The highest BCUT2D eigenvalue weighted by Gasteiger charge is 2.30. The van der Waals surface area contributed by atoms with E-state index in [1.807, 2.05) is 0 Å². The molecule has 106 valence electrons. The van der Waals surface area contributed by atoms with Crippen LogP contribution in [0.2, 0.25) is 5.02 Å². The van der Waals surface area contributed by atoms with Crippen molar-refractivity contribution in [3.05, 3.63) is 34.3 Å². The van der Waals surface area contributed by atoms with Crippen LogP contribution in [-0.4, -0.2) is 13.1 Å². The van der Waals surface area contributed by atoms with E-state index in [2.05, 4.69) is 5.32 Å². The van der Waals surface area contributed by atoms with E-state index in [9.17, 15) is 13.2 Å². The second-order valence-corrected chi connectivity index (χ2v) is 5.44. The smallest absolute Gasteiger partial charge is 0.317 e. The largest absolute Gasteiger partial charge is 0.416 e. The van der Waals surface area contributed by atoms with Gasteiger partial charge in [0.25, 0.3) is 0 Å². The van der Waals surface area contributed by atoms with Gasteiger partial charge in [-0.25, -0.2) is 0 Å². The molecule has 1 nitrogen and oxygen atoms in total. The predicted molar refractivity (Wildman–Crippen MR) is 70.4 cm³/mol. The maximum atomic E-state index is 12.6. The van der Waals surface area contributed by atoms with E-state index >= 15 is 0 Å². The quantitative estimate of drug-likeness (QED) is 0.876. The number of hydrogen-bond acceptors (Lipinski definition) is 1. The molecule has 1 fully saturated rings. The number of nitrogens with one attached hydrogen (secondary N) is 1. The molecule has 0 unspecified atom stereocenters. The summed E-state index contributed by atoms with van der Waals surface area (Å²) < 4.78 is 37.9. The van der Waals surface area contributed by atoms with Crippen LogP contribution in [0.3, 0.4) is 0 Å². The molecule has 0 spiro atoms. The van der Waals surface area contributed by atoms with Gasteiger partial charge >= 0.3 is 6.18 Å². The number of piperidine rings is 1. The zero-order valence-electron chi connectivity index (χ0n) is 10.6. The SMILES string of the molecule is FC(F)(F)c1ccc(Cl)c(CCC2CCNCC2)c1. The third-order valence-electron chi connectivity index (χ3n) is 3.65. The summed E-state index contributed by atoms with van der Waals surface area (Å²) in [5.41, 5.74) is -0.00719. The van der Waals surface area contributed by atoms with Gasteiger partial charge in [0.05, 0.1) is 5.56 Å². The summed E-state index contributed by atoms with van der Waals surface area (Å²) >= 11 is 5.98. The van der Waals surface area contributed by atoms with Gasteiger partial charge in [0.2, 0.25) is 0 Å². The van der Waals surface area contributed by atoms with Crippen molar-refractivity contribution in [2.45, 2.75) is 31.9 Å². The fourth-order valence-electron chi connectivity index (χ4n) is 2.47. The van der Waals surface area contributed by atoms with Crippen LogP contribution in [0.5, 0.6) is 0 Å². The molecule has 1 saturated heterocycles. The lowest BCUT2D eigenvalue weighted by Crippen LogP contribution is -2.27. The monoisotopic (exact) mass is 291 g/mol. The van der Waals surface area contributed by atoms with Crippen molar-refractivity contribution in [1.29, 1.82) is 0 Å². The molecule has 1 aliphatic rings. The molecule has 0 saturated carbocycles. The highest BCUT2D eigenvalue weighted by molar-refractivity contribution is 6.31. The molecule has 0 bridgehead atoms. The minimum Gasteiger partial charge on any atom is -0.317 e. The number of hydrogen-bond donors (Lipinski definition) is 1. The Morgan fingerprint density at radius 3 is 2.53 bits per heavy atom. The van der Waals surface area contributed by atoms with Crippen LogP contribution in [0.1, 0.15) is 30.4 Å². The molecule has 1 N–H and O–H groups in total. The Morgan fingerprint density at radius 2 is 1.89 bits per heavy atom. The van der Waals surface area contributed by atoms with Crippen LogP contribution in [0.25, 0.3) is 0 Å². The van der Waals surface area contributed by atoms with E-state index < -0.39 is 11.7 Å². The fraction of sp³-hybridized carbons (Fsp3) is 0.571. The van der Waals surface area contributed by atoms with Gasteiger partial charge in [0, 0.05) is 5.02 Å². The van der Waals surface area contributed by atoms with Gasteiger partial charge in [-0.2, -0.15) is 13.2 Å². The Balaban J connectivity index is 2.02. The standard InChI is InChI=1S/C14H17ClF3N/c15-13-4-3-12(14(16,17)18)9-11(13)2-1-10-5-7-19-8-6-10/h3-4,9-10,19H,1-2,5-8H2. The van der Waals surface area contributed by atoms with E-state index in [4.69, 9.17) is 11.6 Å². The van der Waals surface area contributed by atoms with Gasteiger partial charge in [0.15, 0.2) is 0 Å². The van der Waals surface area contributed by atoms with Crippen molar-refractivity contribution < 1.29 is 13.2 Å². The molecule has 19 heavy (non-hydrogen) atoms. The highest BCUT2D eigenvalue weighted by atomic mass is 35.5. The van der Waals surface area contributed by atoms with Crippen molar-refractivity contribution >= 4 is 11.6 Å². The maximum absolute atomic E-state index is 12.6. The lowest BCUT2D eigenvalue weighted by Gasteiger charge is -2.22. The Hall–Kier alpha value is -0.740. The lowest BCUT2D eigenvalue weighted by molar-refractivity contribution is -0.137. The van der Waals surface area contributed by atoms with E-state index in [1.165, 1.54) is 12.1 Å². The summed E-state index contributed by atoms with van der Waals surface area (Å²) in [4.78, 5) is 0. The van der Waals surface area contributed by atoms with Crippen LogP contribution >= 0.6 is 11.6 Å². The van der Waals surface area contributed by atoms with Gasteiger partial charge in [-0.05, 0) is 68.5 Å². The first-order valence-electron chi connectivity index (χ1n) is 6.53.